The monoisotopic (exact) mass is 557 g/mol. The summed E-state index contributed by atoms with van der Waals surface area (Å²) >= 11 is 0. The normalized spacial score (nSPS) is 20.6. The number of rotatable bonds is 18. The number of anilines is 1. The Labute approximate surface area is 239 Å². The van der Waals surface area contributed by atoms with Crippen LogP contribution in [-0.4, -0.2) is 37.8 Å². The molecule has 0 aliphatic carbocycles. The third kappa shape index (κ3) is 8.89. The number of hydrogen-bond donors (Lipinski definition) is 1. The molecule has 1 saturated heterocycles. The lowest BCUT2D eigenvalue weighted by molar-refractivity contribution is -0.0465. The molecule has 9 heteroatoms. The van der Waals surface area contributed by atoms with Crippen LogP contribution in [0.1, 0.15) is 130 Å². The van der Waals surface area contributed by atoms with Crippen molar-refractivity contribution >= 4 is 23.1 Å². The number of nitrogens with zero attached hydrogens (tertiary/aromatic N) is 4. The highest BCUT2D eigenvalue weighted by Crippen LogP contribution is 2.43. The van der Waals surface area contributed by atoms with Crippen molar-refractivity contribution in [3.8, 4) is 12.3 Å². The molecule has 0 spiro atoms. The highest BCUT2D eigenvalue weighted by Gasteiger charge is 2.45. The number of amides is 1. The van der Waals surface area contributed by atoms with Crippen LogP contribution in [0.5, 0.6) is 0 Å². The Morgan fingerprint density at radius 1 is 1.07 bits per heavy atom. The number of hydrogen-bond acceptors (Lipinski definition) is 6. The molecule has 3 atom stereocenters. The second-order valence-corrected chi connectivity index (χ2v) is 11.1. The SMILES string of the molecule is C#C[C@]1(CC)O[C@@H](n2cnc3c(NC(=O)OCCCCCCCCCCCCCCCC)nc(F)nc32)C[C@@H]1C. The van der Waals surface area contributed by atoms with E-state index in [2.05, 4.69) is 33.1 Å². The summed E-state index contributed by atoms with van der Waals surface area (Å²) in [6, 6.07) is 0. The average Bonchev–Trinajstić information content (AvgIpc) is 3.51. The molecule has 3 rings (SSSR count). The molecule has 8 nitrogen and oxygen atoms in total. The molecule has 0 aromatic carbocycles. The molecule has 0 bridgehead atoms. The van der Waals surface area contributed by atoms with Crippen LogP contribution in [0.25, 0.3) is 11.2 Å². The lowest BCUT2D eigenvalue weighted by atomic mass is 9.87. The van der Waals surface area contributed by atoms with Gasteiger partial charge in [-0.25, -0.2) is 9.78 Å². The first kappa shape index (κ1) is 31.8. The number of fused-ring (bicyclic) bond motifs is 1. The summed E-state index contributed by atoms with van der Waals surface area (Å²) < 4.78 is 27.5. The molecule has 0 saturated carbocycles. The zero-order chi connectivity index (χ0) is 28.8. The van der Waals surface area contributed by atoms with Gasteiger partial charge in [-0.3, -0.25) is 9.88 Å². The number of aromatic nitrogens is 4. The Kier molecular flexibility index (Phi) is 13.1. The lowest BCUT2D eigenvalue weighted by Gasteiger charge is -2.25. The molecule has 222 valence electrons. The molecule has 1 fully saturated rings. The van der Waals surface area contributed by atoms with E-state index in [9.17, 15) is 9.18 Å². The van der Waals surface area contributed by atoms with Gasteiger partial charge >= 0.3 is 12.2 Å². The van der Waals surface area contributed by atoms with Gasteiger partial charge in [0, 0.05) is 5.92 Å². The third-order valence-electron chi connectivity index (χ3n) is 8.12. The fraction of sp³-hybridized carbons (Fsp3) is 0.742. The lowest BCUT2D eigenvalue weighted by Crippen LogP contribution is -2.31. The van der Waals surface area contributed by atoms with Crippen LogP contribution in [0, 0.1) is 24.3 Å². The van der Waals surface area contributed by atoms with Gasteiger partial charge in [0.15, 0.2) is 17.0 Å². The molecule has 1 amide bonds. The van der Waals surface area contributed by atoms with Crippen molar-refractivity contribution in [1.82, 2.24) is 19.5 Å². The van der Waals surface area contributed by atoms with E-state index in [4.69, 9.17) is 15.9 Å². The van der Waals surface area contributed by atoms with E-state index in [0.29, 0.717) is 19.4 Å². The molecular formula is C31H48FN5O3. The van der Waals surface area contributed by atoms with Gasteiger partial charge in [0.25, 0.3) is 0 Å². The van der Waals surface area contributed by atoms with Gasteiger partial charge in [0.2, 0.25) is 0 Å². The standard InChI is InChI=1S/C31H48FN5O3/c1-5-8-9-10-11-12-13-14-15-16-17-18-19-20-21-39-30(38)35-27-26-28(36-29(32)34-27)37(23-33-26)25-22-24(4)31(6-2,7-3)40-25/h2,23-25H,5,7-22H2,1,3-4H3,(H,34,35,36,38)/t24-,25+,31+/m0/s1. The van der Waals surface area contributed by atoms with E-state index in [1.807, 2.05) is 13.8 Å². The highest BCUT2D eigenvalue weighted by atomic mass is 19.1. The van der Waals surface area contributed by atoms with Gasteiger partial charge in [-0.1, -0.05) is 110 Å². The first-order chi connectivity index (χ1) is 19.4. The summed E-state index contributed by atoms with van der Waals surface area (Å²) in [6.07, 6.45) is 24.1. The number of halogens is 1. The van der Waals surface area contributed by atoms with Crippen molar-refractivity contribution in [2.24, 2.45) is 5.92 Å². The predicted octanol–water partition coefficient (Wildman–Crippen LogP) is 8.33. The Morgan fingerprint density at radius 2 is 1.68 bits per heavy atom. The van der Waals surface area contributed by atoms with E-state index in [0.717, 1.165) is 19.3 Å². The molecule has 0 radical (unpaired) electrons. The quantitative estimate of drug-likeness (QED) is 0.113. The van der Waals surface area contributed by atoms with Crippen LogP contribution in [0.4, 0.5) is 15.0 Å². The molecule has 3 heterocycles. The average molecular weight is 558 g/mol. The fourth-order valence-corrected chi connectivity index (χ4v) is 5.56. The van der Waals surface area contributed by atoms with Crippen LogP contribution in [0.2, 0.25) is 0 Å². The van der Waals surface area contributed by atoms with Crippen molar-refractivity contribution < 1.29 is 18.7 Å². The maximum Gasteiger partial charge on any atom is 0.412 e. The number of ether oxygens (including phenoxy) is 2. The zero-order valence-electron chi connectivity index (χ0n) is 24.7. The van der Waals surface area contributed by atoms with E-state index >= 15 is 0 Å². The molecule has 2 aromatic heterocycles. The van der Waals surface area contributed by atoms with Crippen LogP contribution < -0.4 is 5.32 Å². The molecule has 1 aliphatic heterocycles. The topological polar surface area (TPSA) is 91.2 Å². The van der Waals surface area contributed by atoms with E-state index in [1.54, 1.807) is 4.57 Å². The summed E-state index contributed by atoms with van der Waals surface area (Å²) in [5.41, 5.74) is -0.193. The van der Waals surface area contributed by atoms with Gasteiger partial charge in [0.05, 0.1) is 12.9 Å². The predicted molar refractivity (Wildman–Crippen MR) is 156 cm³/mol. The minimum Gasteiger partial charge on any atom is -0.449 e. The van der Waals surface area contributed by atoms with Gasteiger partial charge in [-0.05, 0) is 19.3 Å². The van der Waals surface area contributed by atoms with Crippen LogP contribution in [0.15, 0.2) is 6.33 Å². The number of terminal acetylenes is 1. The largest absolute Gasteiger partial charge is 0.449 e. The van der Waals surface area contributed by atoms with Gasteiger partial charge < -0.3 is 9.47 Å². The second-order valence-electron chi connectivity index (χ2n) is 11.1. The summed E-state index contributed by atoms with van der Waals surface area (Å²) in [5.74, 6) is 2.86. The summed E-state index contributed by atoms with van der Waals surface area (Å²) in [4.78, 5) is 24.4. The minimum absolute atomic E-state index is 0.0306. The summed E-state index contributed by atoms with van der Waals surface area (Å²) in [5, 5.41) is 2.53. The zero-order valence-corrected chi connectivity index (χ0v) is 24.7. The van der Waals surface area contributed by atoms with Crippen LogP contribution >= 0.6 is 0 Å². The molecule has 2 aromatic rings. The number of carbonyl (C=O) groups is 1. The number of imidazole rings is 1. The second kappa shape index (κ2) is 16.5. The molecule has 1 N–H and O–H groups in total. The van der Waals surface area contributed by atoms with Gasteiger partial charge in [-0.2, -0.15) is 14.4 Å². The fourth-order valence-electron chi connectivity index (χ4n) is 5.56. The highest BCUT2D eigenvalue weighted by molar-refractivity contribution is 5.93. The summed E-state index contributed by atoms with van der Waals surface area (Å²) in [6.45, 7) is 6.58. The molecule has 40 heavy (non-hydrogen) atoms. The Morgan fingerprint density at radius 3 is 2.23 bits per heavy atom. The Balaban J connectivity index is 1.35. The minimum atomic E-state index is -0.971. The molecule has 0 unspecified atom stereocenters. The van der Waals surface area contributed by atoms with Crippen molar-refractivity contribution in [2.75, 3.05) is 11.9 Å². The number of carbonyl (C=O) groups excluding carboxylic acids is 1. The third-order valence-corrected chi connectivity index (χ3v) is 8.12. The van der Waals surface area contributed by atoms with Crippen molar-refractivity contribution in [2.45, 2.75) is 135 Å². The van der Waals surface area contributed by atoms with Gasteiger partial charge in [0.1, 0.15) is 11.8 Å². The van der Waals surface area contributed by atoms with Crippen molar-refractivity contribution in [3.63, 3.8) is 0 Å². The van der Waals surface area contributed by atoms with Crippen molar-refractivity contribution in [1.29, 1.82) is 0 Å². The smallest absolute Gasteiger partial charge is 0.412 e. The molecule has 1 aliphatic rings. The van der Waals surface area contributed by atoms with E-state index in [-0.39, 0.29) is 22.9 Å². The first-order valence-electron chi connectivity index (χ1n) is 15.4. The number of nitrogens with one attached hydrogen (secondary N) is 1. The van der Waals surface area contributed by atoms with Gasteiger partial charge in [-0.15, -0.1) is 6.42 Å². The van der Waals surface area contributed by atoms with Crippen LogP contribution in [0.3, 0.4) is 0 Å². The first-order valence-corrected chi connectivity index (χ1v) is 15.4. The Hall–Kier alpha value is -2.73. The maximum atomic E-state index is 14.3. The number of unbranched alkanes of at least 4 members (excludes halogenated alkanes) is 13. The summed E-state index contributed by atoms with van der Waals surface area (Å²) in [7, 11) is 0. The van der Waals surface area contributed by atoms with Crippen molar-refractivity contribution in [3.05, 3.63) is 12.4 Å². The maximum absolute atomic E-state index is 14.3. The van der Waals surface area contributed by atoms with E-state index < -0.39 is 24.0 Å². The molecular weight excluding hydrogens is 509 g/mol. The Bertz CT molecular complexity index is 1100. The van der Waals surface area contributed by atoms with Crippen LogP contribution in [-0.2, 0) is 9.47 Å². The van der Waals surface area contributed by atoms with E-state index in [1.165, 1.54) is 77.0 Å².